The number of benzene rings is 1. The van der Waals surface area contributed by atoms with Gasteiger partial charge in [0.25, 0.3) is 5.56 Å². The van der Waals surface area contributed by atoms with E-state index >= 15 is 0 Å². The minimum Gasteiger partial charge on any atom is -0.324 e. The van der Waals surface area contributed by atoms with Crippen molar-refractivity contribution in [1.29, 1.82) is 0 Å². The molecule has 20 heavy (non-hydrogen) atoms. The summed E-state index contributed by atoms with van der Waals surface area (Å²) in [5, 5.41) is 3.24. The molecule has 0 aliphatic carbocycles. The van der Waals surface area contributed by atoms with Crippen molar-refractivity contribution in [2.24, 2.45) is 0 Å². The number of anilines is 1. The van der Waals surface area contributed by atoms with Crippen LogP contribution in [0.15, 0.2) is 47.4 Å². The summed E-state index contributed by atoms with van der Waals surface area (Å²) >= 11 is 5.82. The molecule has 0 radical (unpaired) electrons. The molecule has 0 spiro atoms. The first kappa shape index (κ1) is 14.3. The Kier molecular flexibility index (Phi) is 4.58. The van der Waals surface area contributed by atoms with Gasteiger partial charge in [-0.05, 0) is 24.1 Å². The molecule has 1 aromatic carbocycles. The van der Waals surface area contributed by atoms with Gasteiger partial charge in [0.05, 0.1) is 5.02 Å². The molecule has 1 aromatic heterocycles. The van der Waals surface area contributed by atoms with Crippen LogP contribution in [0.2, 0.25) is 5.02 Å². The van der Waals surface area contributed by atoms with Crippen molar-refractivity contribution in [1.82, 2.24) is 4.57 Å². The van der Waals surface area contributed by atoms with Gasteiger partial charge in [-0.3, -0.25) is 9.59 Å². The smallest absolute Gasteiger partial charge is 0.251 e. The van der Waals surface area contributed by atoms with E-state index in [4.69, 9.17) is 11.6 Å². The Morgan fingerprint density at radius 2 is 2.00 bits per heavy atom. The van der Waals surface area contributed by atoms with Crippen LogP contribution in [0.5, 0.6) is 0 Å². The summed E-state index contributed by atoms with van der Waals surface area (Å²) in [6.07, 6.45) is 2.28. The van der Waals surface area contributed by atoms with Crippen LogP contribution in [0.25, 0.3) is 0 Å². The zero-order valence-electron chi connectivity index (χ0n) is 11.1. The fraction of sp³-hybridized carbons (Fsp3) is 0.200. The van der Waals surface area contributed by atoms with E-state index in [1.54, 1.807) is 0 Å². The second kappa shape index (κ2) is 6.39. The molecule has 1 heterocycles. The third-order valence-corrected chi connectivity index (χ3v) is 3.16. The van der Waals surface area contributed by atoms with Gasteiger partial charge in [0.2, 0.25) is 5.91 Å². The Bertz CT molecular complexity index is 680. The van der Waals surface area contributed by atoms with Gasteiger partial charge in [0, 0.05) is 18.0 Å². The second-order valence-corrected chi connectivity index (χ2v) is 4.81. The highest BCUT2D eigenvalue weighted by Crippen LogP contribution is 2.15. The lowest BCUT2D eigenvalue weighted by molar-refractivity contribution is -0.116. The maximum absolute atomic E-state index is 12.0. The lowest BCUT2D eigenvalue weighted by Crippen LogP contribution is -2.26. The number of aromatic nitrogens is 1. The molecular weight excluding hydrogens is 276 g/mol. The van der Waals surface area contributed by atoms with E-state index < -0.39 is 0 Å². The van der Waals surface area contributed by atoms with Crippen LogP contribution in [-0.4, -0.2) is 10.5 Å². The number of halogens is 1. The SMILES string of the molecule is CCc1ccccc1NC(=O)Cn1cc(Cl)ccc1=O. The van der Waals surface area contributed by atoms with Crippen molar-refractivity contribution in [3.05, 3.63) is 63.5 Å². The quantitative estimate of drug-likeness (QED) is 0.941. The number of pyridine rings is 1. The number of aryl methyl sites for hydroxylation is 1. The lowest BCUT2D eigenvalue weighted by Gasteiger charge is -2.10. The van der Waals surface area contributed by atoms with Crippen molar-refractivity contribution in [3.63, 3.8) is 0 Å². The Hall–Kier alpha value is -2.07. The number of nitrogens with zero attached hydrogens (tertiary/aromatic N) is 1. The molecule has 2 rings (SSSR count). The molecule has 2 aromatic rings. The molecule has 0 atom stereocenters. The summed E-state index contributed by atoms with van der Waals surface area (Å²) < 4.78 is 1.28. The molecule has 0 fully saturated rings. The lowest BCUT2D eigenvalue weighted by atomic mass is 10.1. The largest absolute Gasteiger partial charge is 0.324 e. The number of carbonyl (C=O) groups excluding carboxylic acids is 1. The zero-order chi connectivity index (χ0) is 14.5. The maximum atomic E-state index is 12.0. The van der Waals surface area contributed by atoms with E-state index in [-0.39, 0.29) is 18.0 Å². The van der Waals surface area contributed by atoms with E-state index in [0.717, 1.165) is 17.7 Å². The minimum atomic E-state index is -0.256. The van der Waals surface area contributed by atoms with Gasteiger partial charge in [-0.1, -0.05) is 36.7 Å². The highest BCUT2D eigenvalue weighted by Gasteiger charge is 2.07. The van der Waals surface area contributed by atoms with Crippen molar-refractivity contribution >= 4 is 23.2 Å². The monoisotopic (exact) mass is 290 g/mol. The van der Waals surface area contributed by atoms with E-state index in [0.29, 0.717) is 5.02 Å². The van der Waals surface area contributed by atoms with Gasteiger partial charge in [-0.25, -0.2) is 0 Å². The predicted molar refractivity (Wildman–Crippen MR) is 80.2 cm³/mol. The first-order valence-corrected chi connectivity index (χ1v) is 6.71. The van der Waals surface area contributed by atoms with Crippen LogP contribution in [0, 0.1) is 0 Å². The number of carbonyl (C=O) groups is 1. The highest BCUT2D eigenvalue weighted by molar-refractivity contribution is 6.30. The third-order valence-electron chi connectivity index (χ3n) is 2.93. The topological polar surface area (TPSA) is 51.1 Å². The Morgan fingerprint density at radius 3 is 2.75 bits per heavy atom. The average molecular weight is 291 g/mol. The summed E-state index contributed by atoms with van der Waals surface area (Å²) in [5.74, 6) is -0.254. The number of hydrogen-bond acceptors (Lipinski definition) is 2. The van der Waals surface area contributed by atoms with Crippen LogP contribution in [0.4, 0.5) is 5.69 Å². The van der Waals surface area contributed by atoms with E-state index in [1.807, 2.05) is 31.2 Å². The Balaban J connectivity index is 2.13. The molecule has 1 amide bonds. The zero-order valence-corrected chi connectivity index (χ0v) is 11.9. The number of rotatable bonds is 4. The molecule has 5 heteroatoms. The fourth-order valence-corrected chi connectivity index (χ4v) is 2.10. The van der Waals surface area contributed by atoms with Gasteiger partial charge in [-0.2, -0.15) is 0 Å². The average Bonchev–Trinajstić information content (AvgIpc) is 2.43. The molecule has 4 nitrogen and oxygen atoms in total. The summed E-state index contributed by atoms with van der Waals surface area (Å²) in [7, 11) is 0. The molecule has 0 aliphatic rings. The van der Waals surface area contributed by atoms with Crippen molar-refractivity contribution in [3.8, 4) is 0 Å². The summed E-state index contributed by atoms with van der Waals surface area (Å²) in [4.78, 5) is 23.6. The molecule has 104 valence electrons. The first-order valence-electron chi connectivity index (χ1n) is 6.34. The van der Waals surface area contributed by atoms with Gasteiger partial charge >= 0.3 is 0 Å². The Labute approximate surface area is 122 Å². The van der Waals surface area contributed by atoms with Gasteiger partial charge in [-0.15, -0.1) is 0 Å². The normalized spacial score (nSPS) is 10.3. The van der Waals surface area contributed by atoms with E-state index in [9.17, 15) is 9.59 Å². The number of hydrogen-bond donors (Lipinski definition) is 1. The van der Waals surface area contributed by atoms with Crippen LogP contribution in [0.1, 0.15) is 12.5 Å². The van der Waals surface area contributed by atoms with Crippen molar-refractivity contribution < 1.29 is 4.79 Å². The fourth-order valence-electron chi connectivity index (χ4n) is 1.92. The predicted octanol–water partition coefficient (Wildman–Crippen LogP) is 2.70. The molecular formula is C15H15ClN2O2. The molecule has 1 N–H and O–H groups in total. The van der Waals surface area contributed by atoms with E-state index in [2.05, 4.69) is 5.32 Å². The standard InChI is InChI=1S/C15H15ClN2O2/c1-2-11-5-3-4-6-13(11)17-14(19)10-18-9-12(16)7-8-15(18)20/h3-9H,2,10H2,1H3,(H,17,19). The van der Waals surface area contributed by atoms with Crippen molar-refractivity contribution in [2.75, 3.05) is 5.32 Å². The molecule has 0 bridgehead atoms. The van der Waals surface area contributed by atoms with Gasteiger partial charge in [0.1, 0.15) is 6.54 Å². The van der Waals surface area contributed by atoms with Crippen molar-refractivity contribution in [2.45, 2.75) is 19.9 Å². The Morgan fingerprint density at radius 1 is 1.25 bits per heavy atom. The van der Waals surface area contributed by atoms with Gasteiger partial charge in [0.15, 0.2) is 0 Å². The highest BCUT2D eigenvalue weighted by atomic mass is 35.5. The first-order chi connectivity index (χ1) is 9.60. The van der Waals surface area contributed by atoms with Crippen LogP contribution in [-0.2, 0) is 17.8 Å². The van der Waals surface area contributed by atoms with Gasteiger partial charge < -0.3 is 9.88 Å². The molecule has 0 saturated carbocycles. The van der Waals surface area contributed by atoms with Crippen LogP contribution in [0.3, 0.4) is 0 Å². The third kappa shape index (κ3) is 3.48. The summed E-state index contributed by atoms with van der Waals surface area (Å²) in [6.45, 7) is 1.96. The number of nitrogens with one attached hydrogen (secondary N) is 1. The summed E-state index contributed by atoms with van der Waals surface area (Å²) in [6, 6.07) is 10.4. The number of para-hydroxylation sites is 1. The van der Waals surface area contributed by atoms with Crippen LogP contribution >= 0.6 is 11.6 Å². The van der Waals surface area contributed by atoms with E-state index in [1.165, 1.54) is 22.9 Å². The maximum Gasteiger partial charge on any atom is 0.251 e. The minimum absolute atomic E-state index is 0.0581. The second-order valence-electron chi connectivity index (χ2n) is 4.37. The summed E-state index contributed by atoms with van der Waals surface area (Å²) in [5.41, 5.74) is 1.57. The number of amides is 1. The molecule has 0 unspecified atom stereocenters. The molecule has 0 aliphatic heterocycles. The molecule has 0 saturated heterocycles. The van der Waals surface area contributed by atoms with Crippen LogP contribution < -0.4 is 10.9 Å².